The fourth-order valence-electron chi connectivity index (χ4n) is 4.21. The molecule has 0 unspecified atom stereocenters. The highest BCUT2D eigenvalue weighted by molar-refractivity contribution is 6.77. The van der Waals surface area contributed by atoms with Crippen LogP contribution in [0, 0.1) is 0 Å². The third kappa shape index (κ3) is 7.39. The Hall–Kier alpha value is -1.43. The largest absolute Gasteiger partial charge is 0.497 e. The van der Waals surface area contributed by atoms with Gasteiger partial charge in [-0.15, -0.1) is 0 Å². The molecule has 1 aromatic carbocycles. The molecule has 0 spiro atoms. The zero-order chi connectivity index (χ0) is 22.0. The first-order chi connectivity index (χ1) is 13.6. The van der Waals surface area contributed by atoms with Gasteiger partial charge in [-0.05, 0) is 47.7 Å². The molecule has 0 amide bonds. The summed E-state index contributed by atoms with van der Waals surface area (Å²) in [4.78, 5) is 12.3. The summed E-state index contributed by atoms with van der Waals surface area (Å²) >= 11 is 0. The highest BCUT2D eigenvalue weighted by Gasteiger charge is 2.47. The number of Topliss-reactive ketones (excluding diaryl/α,β-unsaturated/α-hetero) is 1. The topological polar surface area (TPSA) is 44.8 Å². The maximum Gasteiger partial charge on any atom is 0.201 e. The summed E-state index contributed by atoms with van der Waals surface area (Å²) in [5.74, 6) is 0.945. The number of ketones is 1. The lowest BCUT2D eigenvalue weighted by Gasteiger charge is -2.44. The van der Waals surface area contributed by atoms with Crippen LogP contribution in [0.3, 0.4) is 0 Å². The molecule has 5 heteroatoms. The van der Waals surface area contributed by atoms with Crippen LogP contribution < -0.4 is 4.74 Å². The van der Waals surface area contributed by atoms with Crippen LogP contribution in [0.15, 0.2) is 36.4 Å². The first kappa shape index (κ1) is 25.6. The van der Waals surface area contributed by atoms with E-state index in [0.717, 1.165) is 11.3 Å². The number of methoxy groups -OCH3 is 1. The quantitative estimate of drug-likeness (QED) is 0.213. The van der Waals surface area contributed by atoms with Crippen LogP contribution in [-0.4, -0.2) is 33.9 Å². The van der Waals surface area contributed by atoms with Gasteiger partial charge in [-0.1, -0.05) is 65.8 Å². The van der Waals surface area contributed by atoms with Crippen molar-refractivity contribution in [2.24, 2.45) is 0 Å². The minimum absolute atomic E-state index is 0.104. The van der Waals surface area contributed by atoms with Crippen LogP contribution in [0.1, 0.15) is 60.5 Å². The number of hydrogen-bond donors (Lipinski definition) is 0. The molecule has 0 bridgehead atoms. The standard InChI is InChI=1S/C24H40O4Si/c1-18(2)29(19(3)4,20(5)6)28-24(21(7)25)11-9-10-16-27-17-22-12-14-23(26-8)15-13-22/h9-10,12-15,18-20,24H,11,16-17H2,1-8H3/b10-9-/t24-/m1/s1. The van der Waals surface area contributed by atoms with E-state index in [9.17, 15) is 4.79 Å². The maximum atomic E-state index is 12.3. The Labute approximate surface area is 178 Å². The van der Waals surface area contributed by atoms with Gasteiger partial charge < -0.3 is 13.9 Å². The molecule has 1 atom stereocenters. The summed E-state index contributed by atoms with van der Waals surface area (Å²) in [6.45, 7) is 16.2. The van der Waals surface area contributed by atoms with Gasteiger partial charge >= 0.3 is 0 Å². The predicted molar refractivity (Wildman–Crippen MR) is 123 cm³/mol. The normalized spacial score (nSPS) is 13.6. The predicted octanol–water partition coefficient (Wildman–Crippen LogP) is 6.31. The van der Waals surface area contributed by atoms with Gasteiger partial charge in [0.05, 0.1) is 20.3 Å². The highest BCUT2D eigenvalue weighted by Crippen LogP contribution is 2.43. The summed E-state index contributed by atoms with van der Waals surface area (Å²) < 4.78 is 17.5. The van der Waals surface area contributed by atoms with Gasteiger partial charge in [-0.2, -0.15) is 0 Å². The van der Waals surface area contributed by atoms with E-state index >= 15 is 0 Å². The lowest BCUT2D eigenvalue weighted by Crippen LogP contribution is -2.51. The Morgan fingerprint density at radius 3 is 1.97 bits per heavy atom. The van der Waals surface area contributed by atoms with Crippen LogP contribution in [0.4, 0.5) is 0 Å². The second-order valence-electron chi connectivity index (χ2n) is 8.61. The SMILES string of the molecule is COc1ccc(COC/C=C\C[C@@H](O[Si](C(C)C)(C(C)C)C(C)C)C(C)=O)cc1. The fraction of sp³-hybridized carbons (Fsp3) is 0.625. The van der Waals surface area contributed by atoms with Crippen LogP contribution in [-0.2, 0) is 20.6 Å². The second kappa shape index (κ2) is 12.3. The van der Waals surface area contributed by atoms with Crippen molar-refractivity contribution < 1.29 is 18.7 Å². The molecule has 4 nitrogen and oxygen atoms in total. The Morgan fingerprint density at radius 2 is 1.52 bits per heavy atom. The van der Waals surface area contributed by atoms with E-state index in [1.54, 1.807) is 14.0 Å². The first-order valence-electron chi connectivity index (χ1n) is 10.7. The van der Waals surface area contributed by atoms with Crippen molar-refractivity contribution >= 4 is 14.1 Å². The van der Waals surface area contributed by atoms with Crippen molar-refractivity contribution in [3.05, 3.63) is 42.0 Å². The average Bonchev–Trinajstić information content (AvgIpc) is 2.66. The number of ether oxygens (including phenoxy) is 2. The monoisotopic (exact) mass is 420 g/mol. The van der Waals surface area contributed by atoms with Gasteiger partial charge in [0.1, 0.15) is 11.9 Å². The van der Waals surface area contributed by atoms with E-state index in [4.69, 9.17) is 13.9 Å². The summed E-state index contributed by atoms with van der Waals surface area (Å²) in [5, 5.41) is 0. The molecule has 0 aromatic heterocycles. The zero-order valence-electron chi connectivity index (χ0n) is 19.5. The smallest absolute Gasteiger partial charge is 0.201 e. The van der Waals surface area contributed by atoms with Gasteiger partial charge in [-0.3, -0.25) is 4.79 Å². The summed E-state index contributed by atoms with van der Waals surface area (Å²) in [6, 6.07) is 7.85. The first-order valence-corrected chi connectivity index (χ1v) is 12.8. The molecule has 0 aliphatic rings. The lowest BCUT2D eigenvalue weighted by molar-refractivity contribution is -0.124. The van der Waals surface area contributed by atoms with Crippen molar-refractivity contribution in [3.8, 4) is 5.75 Å². The van der Waals surface area contributed by atoms with Crippen LogP contribution in [0.25, 0.3) is 0 Å². The molecular formula is C24H40O4Si. The molecule has 29 heavy (non-hydrogen) atoms. The number of hydrogen-bond acceptors (Lipinski definition) is 4. The molecule has 164 valence electrons. The molecule has 0 aliphatic heterocycles. The van der Waals surface area contributed by atoms with E-state index in [0.29, 0.717) is 36.3 Å². The molecule has 0 heterocycles. The van der Waals surface area contributed by atoms with Crippen molar-refractivity contribution in [2.75, 3.05) is 13.7 Å². The third-order valence-electron chi connectivity index (χ3n) is 5.67. The van der Waals surface area contributed by atoms with Crippen molar-refractivity contribution in [3.63, 3.8) is 0 Å². The molecule has 1 rings (SSSR count). The van der Waals surface area contributed by atoms with Gasteiger partial charge in [0.2, 0.25) is 8.32 Å². The Kier molecular flexibility index (Phi) is 10.9. The van der Waals surface area contributed by atoms with E-state index in [2.05, 4.69) is 41.5 Å². The van der Waals surface area contributed by atoms with Gasteiger partial charge in [-0.25, -0.2) is 0 Å². The Morgan fingerprint density at radius 1 is 0.966 bits per heavy atom. The van der Waals surface area contributed by atoms with Crippen LogP contribution >= 0.6 is 0 Å². The molecule has 1 aromatic rings. The molecule has 0 fully saturated rings. The van der Waals surface area contributed by atoms with E-state index in [-0.39, 0.29) is 11.9 Å². The molecule has 0 N–H and O–H groups in total. The maximum absolute atomic E-state index is 12.3. The molecular weight excluding hydrogens is 380 g/mol. The molecule has 0 saturated heterocycles. The number of benzene rings is 1. The van der Waals surface area contributed by atoms with Crippen molar-refractivity contribution in [2.45, 2.75) is 84.2 Å². The zero-order valence-corrected chi connectivity index (χ0v) is 20.5. The number of carbonyl (C=O) groups is 1. The average molecular weight is 421 g/mol. The highest BCUT2D eigenvalue weighted by atomic mass is 28.4. The summed E-state index contributed by atoms with van der Waals surface area (Å²) in [6.07, 6.45) is 4.22. The molecule has 0 aliphatic carbocycles. The minimum atomic E-state index is -2.08. The van der Waals surface area contributed by atoms with Gasteiger partial charge in [0.15, 0.2) is 5.78 Å². The Balaban J connectivity index is 2.61. The molecule has 0 radical (unpaired) electrons. The second-order valence-corrected chi connectivity index (χ2v) is 14.0. The molecule has 0 saturated carbocycles. The van der Waals surface area contributed by atoms with E-state index in [1.165, 1.54) is 0 Å². The third-order valence-corrected chi connectivity index (χ3v) is 11.8. The minimum Gasteiger partial charge on any atom is -0.497 e. The lowest BCUT2D eigenvalue weighted by atomic mass is 10.2. The van der Waals surface area contributed by atoms with Crippen molar-refractivity contribution in [1.82, 2.24) is 0 Å². The van der Waals surface area contributed by atoms with Gasteiger partial charge in [0.25, 0.3) is 0 Å². The van der Waals surface area contributed by atoms with Gasteiger partial charge in [0, 0.05) is 0 Å². The number of rotatable bonds is 13. The fourth-order valence-corrected chi connectivity index (χ4v) is 9.78. The van der Waals surface area contributed by atoms with Crippen LogP contribution in [0.2, 0.25) is 16.6 Å². The van der Waals surface area contributed by atoms with E-state index in [1.807, 2.05) is 36.4 Å². The summed E-state index contributed by atoms with van der Waals surface area (Å²) in [7, 11) is -0.420. The number of carbonyl (C=O) groups excluding carboxylic acids is 1. The van der Waals surface area contributed by atoms with Crippen molar-refractivity contribution in [1.29, 1.82) is 0 Å². The summed E-state index contributed by atoms with van der Waals surface area (Å²) in [5.41, 5.74) is 2.48. The Bertz CT molecular complexity index is 613. The van der Waals surface area contributed by atoms with Crippen LogP contribution in [0.5, 0.6) is 5.75 Å². The van der Waals surface area contributed by atoms with E-state index < -0.39 is 8.32 Å².